The first kappa shape index (κ1) is 18.9. The molecule has 2 amide bonds. The quantitative estimate of drug-likeness (QED) is 0.720. The Morgan fingerprint density at radius 1 is 1.19 bits per heavy atom. The zero-order valence-corrected chi connectivity index (χ0v) is 15.8. The van der Waals surface area contributed by atoms with E-state index in [0.29, 0.717) is 32.7 Å². The molecule has 2 aliphatic heterocycles. The monoisotopic (exact) mass is 359 g/mol. The lowest BCUT2D eigenvalue weighted by atomic mass is 9.99. The summed E-state index contributed by atoms with van der Waals surface area (Å²) in [6.07, 6.45) is 1.14. The van der Waals surface area contributed by atoms with E-state index in [0.717, 1.165) is 25.1 Å². The predicted molar refractivity (Wildman–Crippen MR) is 99.6 cm³/mol. The molecule has 2 atom stereocenters. The second-order valence-corrected chi connectivity index (χ2v) is 7.31. The molecule has 2 saturated heterocycles. The van der Waals surface area contributed by atoms with E-state index in [1.54, 1.807) is 7.11 Å². The number of piperazine rings is 1. The molecular formula is C20H29N3O3. The van der Waals surface area contributed by atoms with Gasteiger partial charge in [0, 0.05) is 52.9 Å². The molecule has 0 aromatic heterocycles. The third-order valence-electron chi connectivity index (χ3n) is 5.39. The van der Waals surface area contributed by atoms with Crippen LogP contribution in [0.3, 0.4) is 0 Å². The van der Waals surface area contributed by atoms with Crippen LogP contribution in [0.4, 0.5) is 0 Å². The van der Waals surface area contributed by atoms with Crippen molar-refractivity contribution < 1.29 is 14.3 Å². The van der Waals surface area contributed by atoms with E-state index in [9.17, 15) is 9.59 Å². The van der Waals surface area contributed by atoms with Crippen LogP contribution in [0.1, 0.15) is 24.4 Å². The Bertz CT molecular complexity index is 622. The maximum Gasteiger partial charge on any atom is 0.228 e. The smallest absolute Gasteiger partial charge is 0.228 e. The second-order valence-electron chi connectivity index (χ2n) is 7.31. The average Bonchev–Trinajstić information content (AvgIpc) is 3.03. The molecule has 0 saturated carbocycles. The van der Waals surface area contributed by atoms with Crippen molar-refractivity contribution in [2.45, 2.75) is 18.9 Å². The molecule has 3 rings (SSSR count). The summed E-state index contributed by atoms with van der Waals surface area (Å²) >= 11 is 0. The maximum absolute atomic E-state index is 13.2. The third-order valence-corrected chi connectivity index (χ3v) is 5.39. The normalized spacial score (nSPS) is 24.3. The molecule has 6 nitrogen and oxygen atoms in total. The van der Waals surface area contributed by atoms with Gasteiger partial charge in [0.1, 0.15) is 0 Å². The molecule has 2 fully saturated rings. The van der Waals surface area contributed by atoms with Crippen LogP contribution < -0.4 is 0 Å². The Morgan fingerprint density at radius 3 is 2.69 bits per heavy atom. The van der Waals surface area contributed by atoms with E-state index in [1.165, 1.54) is 0 Å². The molecule has 0 radical (unpaired) electrons. The Morgan fingerprint density at radius 2 is 1.96 bits per heavy atom. The van der Waals surface area contributed by atoms with Crippen molar-refractivity contribution in [1.82, 2.24) is 14.7 Å². The van der Waals surface area contributed by atoms with Crippen molar-refractivity contribution in [3.8, 4) is 0 Å². The molecular weight excluding hydrogens is 330 g/mol. The largest absolute Gasteiger partial charge is 0.385 e. The Kier molecular flexibility index (Phi) is 6.27. The molecule has 0 aliphatic carbocycles. The van der Waals surface area contributed by atoms with Crippen LogP contribution in [0, 0.1) is 5.92 Å². The summed E-state index contributed by atoms with van der Waals surface area (Å²) in [6, 6.07) is 10.3. The van der Waals surface area contributed by atoms with Gasteiger partial charge in [0.15, 0.2) is 0 Å². The zero-order chi connectivity index (χ0) is 18.5. The van der Waals surface area contributed by atoms with Gasteiger partial charge in [-0.2, -0.15) is 0 Å². The summed E-state index contributed by atoms with van der Waals surface area (Å²) in [7, 11) is 3.75. The highest BCUT2D eigenvalue weighted by molar-refractivity contribution is 5.89. The summed E-state index contributed by atoms with van der Waals surface area (Å²) < 4.78 is 5.06. The second kappa shape index (κ2) is 8.64. The number of hydrogen-bond acceptors (Lipinski definition) is 4. The number of carbonyl (C=O) groups excluding carboxylic acids is 2. The highest BCUT2D eigenvalue weighted by atomic mass is 16.5. The molecule has 1 aromatic carbocycles. The van der Waals surface area contributed by atoms with Crippen molar-refractivity contribution in [2.24, 2.45) is 5.92 Å². The summed E-state index contributed by atoms with van der Waals surface area (Å²) in [6.45, 7) is 4.25. The minimum Gasteiger partial charge on any atom is -0.385 e. The molecule has 142 valence electrons. The van der Waals surface area contributed by atoms with E-state index < -0.39 is 0 Å². The van der Waals surface area contributed by atoms with Crippen LogP contribution in [0.5, 0.6) is 0 Å². The first-order valence-corrected chi connectivity index (χ1v) is 9.41. The lowest BCUT2D eigenvalue weighted by Crippen LogP contribution is -2.51. The van der Waals surface area contributed by atoms with Crippen LogP contribution in [-0.4, -0.2) is 80.0 Å². The van der Waals surface area contributed by atoms with Crippen LogP contribution in [0.15, 0.2) is 30.3 Å². The summed E-state index contributed by atoms with van der Waals surface area (Å²) in [5.74, 6) is -0.0148. The summed E-state index contributed by atoms with van der Waals surface area (Å²) in [5.41, 5.74) is 1.16. The van der Waals surface area contributed by atoms with Gasteiger partial charge in [-0.1, -0.05) is 30.3 Å². The Labute approximate surface area is 155 Å². The van der Waals surface area contributed by atoms with Gasteiger partial charge in [-0.05, 0) is 19.0 Å². The fourth-order valence-corrected chi connectivity index (χ4v) is 3.93. The first-order chi connectivity index (χ1) is 12.6. The molecule has 2 aliphatic rings. The Hall–Kier alpha value is -1.92. The van der Waals surface area contributed by atoms with E-state index in [1.807, 2.05) is 28.0 Å². The molecule has 1 aromatic rings. The van der Waals surface area contributed by atoms with Gasteiger partial charge in [-0.15, -0.1) is 0 Å². The highest BCUT2D eigenvalue weighted by Gasteiger charge is 2.39. The van der Waals surface area contributed by atoms with Gasteiger partial charge < -0.3 is 19.4 Å². The minimum atomic E-state index is -0.223. The molecule has 26 heavy (non-hydrogen) atoms. The lowest BCUT2D eigenvalue weighted by molar-refractivity contribution is -0.140. The standard InChI is InChI=1S/C20H29N3O3/c1-21-10-11-23(18(15-21)16-7-4-3-5-8-16)20(25)17-13-19(24)22(14-17)9-6-12-26-2/h3-5,7-8,17-18H,6,9-15H2,1-2H3/t17-,18-/m0/s1. The first-order valence-electron chi connectivity index (χ1n) is 9.41. The molecule has 2 heterocycles. The van der Waals surface area contributed by atoms with Crippen molar-refractivity contribution in [2.75, 3.05) is 53.5 Å². The van der Waals surface area contributed by atoms with E-state index >= 15 is 0 Å². The number of methoxy groups -OCH3 is 1. The molecule has 6 heteroatoms. The number of likely N-dealkylation sites (tertiary alicyclic amines) is 1. The van der Waals surface area contributed by atoms with Gasteiger partial charge in [0.25, 0.3) is 0 Å². The van der Waals surface area contributed by atoms with Gasteiger partial charge in [0.05, 0.1) is 12.0 Å². The van der Waals surface area contributed by atoms with Crippen molar-refractivity contribution in [1.29, 1.82) is 0 Å². The van der Waals surface area contributed by atoms with Crippen molar-refractivity contribution in [3.05, 3.63) is 35.9 Å². The molecule has 0 unspecified atom stereocenters. The van der Waals surface area contributed by atoms with E-state index in [2.05, 4.69) is 24.1 Å². The highest BCUT2D eigenvalue weighted by Crippen LogP contribution is 2.29. The van der Waals surface area contributed by atoms with Gasteiger partial charge in [-0.3, -0.25) is 9.59 Å². The topological polar surface area (TPSA) is 53.1 Å². The van der Waals surface area contributed by atoms with E-state index in [-0.39, 0.29) is 23.8 Å². The summed E-state index contributed by atoms with van der Waals surface area (Å²) in [5, 5.41) is 0. The fourth-order valence-electron chi connectivity index (χ4n) is 3.93. The van der Waals surface area contributed by atoms with Gasteiger partial charge >= 0.3 is 0 Å². The SMILES string of the molecule is COCCCN1C[C@@H](C(=O)N2CCN(C)C[C@H]2c2ccccc2)CC1=O. The van der Waals surface area contributed by atoms with Gasteiger partial charge in [-0.25, -0.2) is 0 Å². The summed E-state index contributed by atoms with van der Waals surface area (Å²) in [4.78, 5) is 31.6. The van der Waals surface area contributed by atoms with Gasteiger partial charge in [0.2, 0.25) is 11.8 Å². The van der Waals surface area contributed by atoms with Crippen LogP contribution >= 0.6 is 0 Å². The lowest BCUT2D eigenvalue weighted by Gasteiger charge is -2.41. The Balaban J connectivity index is 1.68. The van der Waals surface area contributed by atoms with Crippen LogP contribution in [0.25, 0.3) is 0 Å². The van der Waals surface area contributed by atoms with E-state index in [4.69, 9.17) is 4.74 Å². The molecule has 0 bridgehead atoms. The maximum atomic E-state index is 13.2. The number of hydrogen-bond donors (Lipinski definition) is 0. The number of ether oxygens (including phenoxy) is 1. The number of nitrogens with zero attached hydrogens (tertiary/aromatic N) is 3. The fraction of sp³-hybridized carbons (Fsp3) is 0.600. The molecule has 0 N–H and O–H groups in total. The molecule has 0 spiro atoms. The third kappa shape index (κ3) is 4.24. The average molecular weight is 359 g/mol. The number of benzene rings is 1. The predicted octanol–water partition coefficient (Wildman–Crippen LogP) is 1.39. The zero-order valence-electron chi connectivity index (χ0n) is 15.8. The minimum absolute atomic E-state index is 0.0556. The van der Waals surface area contributed by atoms with Crippen molar-refractivity contribution >= 4 is 11.8 Å². The van der Waals surface area contributed by atoms with Crippen LogP contribution in [0.2, 0.25) is 0 Å². The number of amides is 2. The van der Waals surface area contributed by atoms with Crippen LogP contribution in [-0.2, 0) is 14.3 Å². The number of rotatable bonds is 6. The number of carbonyl (C=O) groups is 2. The number of likely N-dealkylation sites (N-methyl/N-ethyl adjacent to an activating group) is 1. The van der Waals surface area contributed by atoms with Crippen molar-refractivity contribution in [3.63, 3.8) is 0 Å².